The molecule has 0 amide bonds. The molecule has 0 saturated carbocycles. The van der Waals surface area contributed by atoms with Gasteiger partial charge >= 0.3 is 8.40 Å². The molecule has 0 bridgehead atoms. The molecule has 0 saturated heterocycles. The quantitative estimate of drug-likeness (QED) is 0.126. The molecule has 45 heavy (non-hydrogen) atoms. The number of hydrogen-bond acceptors (Lipinski definition) is 4. The summed E-state index contributed by atoms with van der Waals surface area (Å²) in [6.45, 7) is 0. The van der Waals surface area contributed by atoms with E-state index < -0.39 is 31.7 Å². The molecule has 0 aliphatic carbocycles. The lowest BCUT2D eigenvalue weighted by Crippen LogP contribution is -2.77. The molecule has 3 aliphatic rings. The zero-order chi connectivity index (χ0) is 30.4. The molecule has 0 unspecified atom stereocenters. The number of rotatable bonds is 0. The predicted octanol–water partition coefficient (Wildman–Crippen LogP) is 8.67. The van der Waals surface area contributed by atoms with Gasteiger partial charge in [-0.25, -0.2) is 17.6 Å². The first kappa shape index (κ1) is 25.9. The third-order valence-electron chi connectivity index (χ3n) is 8.63. The van der Waals surface area contributed by atoms with E-state index >= 15 is 17.6 Å². The molecule has 218 valence electrons. The minimum Gasteiger partial charge on any atom is -0.452 e. The Hall–Kier alpha value is -5.54. The van der Waals surface area contributed by atoms with Gasteiger partial charge in [-0.1, -0.05) is 60.7 Å². The van der Waals surface area contributed by atoms with Crippen LogP contribution in [0.15, 0.2) is 121 Å². The van der Waals surface area contributed by atoms with E-state index in [2.05, 4.69) is 0 Å². The number of para-hydroxylation sites is 6. The minimum absolute atomic E-state index is 0.120. The fourth-order valence-corrected chi connectivity index (χ4v) is 12.3. The molecular formula is C36H20F4N2O2Si. The molecule has 6 aromatic rings. The van der Waals surface area contributed by atoms with Gasteiger partial charge in [-0.15, -0.1) is 0 Å². The van der Waals surface area contributed by atoms with Crippen molar-refractivity contribution in [3.8, 4) is 34.1 Å². The Bertz CT molecular complexity index is 2070. The third-order valence-corrected chi connectivity index (χ3v) is 13.1. The number of anilines is 4. The van der Waals surface area contributed by atoms with Crippen LogP contribution in [0.3, 0.4) is 0 Å². The molecule has 3 heterocycles. The topological polar surface area (TPSA) is 24.9 Å². The summed E-state index contributed by atoms with van der Waals surface area (Å²) in [7, 11) is -4.38. The van der Waals surface area contributed by atoms with E-state index in [1.807, 2.05) is 81.9 Å². The first-order valence-electron chi connectivity index (χ1n) is 14.3. The van der Waals surface area contributed by atoms with Crippen molar-refractivity contribution in [2.24, 2.45) is 0 Å². The normalized spacial score (nSPS) is 14.7. The first-order chi connectivity index (χ1) is 22.0. The lowest BCUT2D eigenvalue weighted by molar-refractivity contribution is 0.443. The van der Waals surface area contributed by atoms with Gasteiger partial charge in [0.15, 0.2) is 34.6 Å². The molecule has 9 heteroatoms. The standard InChI is InChI=1S/C36H20F4N2O2Si/c37-21-17-25(39)35-33(19-21)45-34-20-22(38)18-26(40)36(34)44-32-16-8-6-14-30(32)42(45)28-12-4-2-10-24(28)23-9-1-3-11-27(23)41(45)29-13-5-7-15-31(29)43-35/h1-20H. The van der Waals surface area contributed by atoms with Crippen LogP contribution in [0.1, 0.15) is 0 Å². The zero-order valence-electron chi connectivity index (χ0n) is 23.3. The second-order valence-corrected chi connectivity index (χ2v) is 14.4. The van der Waals surface area contributed by atoms with Gasteiger partial charge in [0, 0.05) is 45.0 Å². The van der Waals surface area contributed by atoms with Gasteiger partial charge in [0.1, 0.15) is 11.6 Å². The van der Waals surface area contributed by atoms with Crippen molar-refractivity contribution >= 4 is 41.5 Å². The highest BCUT2D eigenvalue weighted by Crippen LogP contribution is 2.56. The van der Waals surface area contributed by atoms with Crippen molar-refractivity contribution in [3.63, 3.8) is 0 Å². The van der Waals surface area contributed by atoms with Crippen LogP contribution in [-0.4, -0.2) is 8.40 Å². The van der Waals surface area contributed by atoms with E-state index in [1.165, 1.54) is 12.1 Å². The van der Waals surface area contributed by atoms with Crippen LogP contribution in [0, 0.1) is 23.3 Å². The van der Waals surface area contributed by atoms with E-state index in [0.29, 0.717) is 34.2 Å². The first-order valence-corrected chi connectivity index (χ1v) is 16.2. The lowest BCUT2D eigenvalue weighted by atomic mass is 10.0. The molecule has 4 nitrogen and oxygen atoms in total. The van der Waals surface area contributed by atoms with Gasteiger partial charge < -0.3 is 18.6 Å². The van der Waals surface area contributed by atoms with Gasteiger partial charge in [0.2, 0.25) is 0 Å². The lowest BCUT2D eigenvalue weighted by Gasteiger charge is -2.48. The Morgan fingerprint density at radius 2 is 0.822 bits per heavy atom. The summed E-state index contributed by atoms with van der Waals surface area (Å²) in [6.07, 6.45) is 0. The van der Waals surface area contributed by atoms with E-state index in [4.69, 9.17) is 9.47 Å². The minimum atomic E-state index is -4.38. The van der Waals surface area contributed by atoms with Crippen LogP contribution in [0.4, 0.5) is 40.3 Å². The van der Waals surface area contributed by atoms with Crippen molar-refractivity contribution in [2.75, 3.05) is 9.13 Å². The predicted molar refractivity (Wildman–Crippen MR) is 167 cm³/mol. The molecule has 0 radical (unpaired) electrons. The number of ether oxygens (including phenoxy) is 2. The summed E-state index contributed by atoms with van der Waals surface area (Å²) in [6, 6.07) is 33.5. The Morgan fingerprint density at radius 1 is 0.444 bits per heavy atom. The van der Waals surface area contributed by atoms with Crippen molar-refractivity contribution in [2.45, 2.75) is 0 Å². The highest BCUT2D eigenvalue weighted by atomic mass is 28.3. The summed E-state index contributed by atoms with van der Waals surface area (Å²) in [5, 5.41) is 0.239. The molecule has 0 atom stereocenters. The van der Waals surface area contributed by atoms with Gasteiger partial charge in [-0.05, 0) is 48.5 Å². The van der Waals surface area contributed by atoms with Gasteiger partial charge in [0.25, 0.3) is 0 Å². The number of nitrogens with zero attached hydrogens (tertiary/aromatic N) is 2. The van der Waals surface area contributed by atoms with Gasteiger partial charge in [0.05, 0.1) is 11.4 Å². The molecule has 9 rings (SSSR count). The molecule has 0 N–H and O–H groups in total. The average molecular weight is 617 g/mol. The molecule has 3 aliphatic heterocycles. The van der Waals surface area contributed by atoms with E-state index in [-0.39, 0.29) is 21.9 Å². The summed E-state index contributed by atoms with van der Waals surface area (Å²) < 4.78 is 80.4. The van der Waals surface area contributed by atoms with Gasteiger partial charge in [-0.3, -0.25) is 0 Å². The summed E-state index contributed by atoms with van der Waals surface area (Å²) in [5.41, 5.74) is 4.01. The van der Waals surface area contributed by atoms with Crippen molar-refractivity contribution in [1.29, 1.82) is 0 Å². The molecule has 0 aromatic heterocycles. The number of benzene rings is 6. The van der Waals surface area contributed by atoms with Crippen LogP contribution >= 0.6 is 0 Å². The van der Waals surface area contributed by atoms with Crippen molar-refractivity contribution in [1.82, 2.24) is 0 Å². The Kier molecular flexibility index (Phi) is 5.31. The summed E-state index contributed by atoms with van der Waals surface area (Å²) in [4.78, 5) is 0. The van der Waals surface area contributed by atoms with E-state index in [1.54, 1.807) is 24.3 Å². The maximum absolute atomic E-state index is 16.2. The third kappa shape index (κ3) is 3.41. The zero-order valence-corrected chi connectivity index (χ0v) is 24.3. The van der Waals surface area contributed by atoms with Gasteiger partial charge in [-0.2, -0.15) is 0 Å². The van der Waals surface area contributed by atoms with E-state index in [0.717, 1.165) is 23.3 Å². The summed E-state index contributed by atoms with van der Waals surface area (Å²) >= 11 is 0. The highest BCUT2D eigenvalue weighted by molar-refractivity contribution is 7.10. The molecular weight excluding hydrogens is 596 g/mol. The van der Waals surface area contributed by atoms with Crippen LogP contribution in [-0.2, 0) is 0 Å². The summed E-state index contributed by atoms with van der Waals surface area (Å²) in [5.74, 6) is -3.45. The molecule has 1 spiro atoms. The SMILES string of the molecule is Fc1cc(F)c2c(c1)[Si]13c4cc(F)cc(F)c4Oc4ccccc4N1c1ccccc1-c1ccccc1N3c1ccccc1O2. The van der Waals surface area contributed by atoms with Crippen LogP contribution < -0.4 is 29.0 Å². The monoisotopic (exact) mass is 616 g/mol. The van der Waals surface area contributed by atoms with E-state index in [9.17, 15) is 0 Å². The molecule has 6 aromatic carbocycles. The fourth-order valence-electron chi connectivity index (χ4n) is 7.00. The number of fused-ring (bicyclic) bond motifs is 11. The second-order valence-electron chi connectivity index (χ2n) is 11.0. The number of halogens is 4. The molecule has 0 fully saturated rings. The van der Waals surface area contributed by atoms with Crippen molar-refractivity contribution < 1.29 is 27.0 Å². The van der Waals surface area contributed by atoms with Crippen molar-refractivity contribution in [3.05, 3.63) is 145 Å². The highest BCUT2D eigenvalue weighted by Gasteiger charge is 2.61. The van der Waals surface area contributed by atoms with Crippen LogP contribution in [0.5, 0.6) is 23.0 Å². The van der Waals surface area contributed by atoms with Crippen LogP contribution in [0.2, 0.25) is 0 Å². The Balaban J connectivity index is 1.63. The largest absolute Gasteiger partial charge is 0.452 e. The maximum atomic E-state index is 16.2. The Labute approximate surface area is 256 Å². The average Bonchev–Trinajstić information content (AvgIpc) is 3.31. The Morgan fingerprint density at radius 3 is 1.27 bits per heavy atom. The number of hydrogen-bond donors (Lipinski definition) is 0. The fraction of sp³-hybridized carbons (Fsp3) is 0. The maximum Gasteiger partial charge on any atom is 0.348 e. The smallest absolute Gasteiger partial charge is 0.348 e. The second kappa shape index (κ2) is 9.23. The van der Waals surface area contributed by atoms with Crippen LogP contribution in [0.25, 0.3) is 11.1 Å².